The Morgan fingerprint density at radius 3 is 2.15 bits per heavy atom. The van der Waals surface area contributed by atoms with Crippen molar-refractivity contribution in [3.8, 4) is 0 Å². The van der Waals surface area contributed by atoms with Crippen molar-refractivity contribution < 1.29 is 36.0 Å². The molecule has 0 spiro atoms. The van der Waals surface area contributed by atoms with Gasteiger partial charge in [-0.1, -0.05) is 0 Å². The van der Waals surface area contributed by atoms with Gasteiger partial charge in [0.05, 0.1) is 17.1 Å². The smallest absolute Gasteiger partial charge is 0.331 e. The van der Waals surface area contributed by atoms with E-state index in [1.54, 1.807) is 12.1 Å². The standard InChI is InChI=1S/C25H29F3N6O5S/c1-24(2)22(36)33(18-4-6-19(7-5-18)40(38,39)25(26,27)28)23(37)34(24)21(17-8-10-29-11-9-17)30-20(35)16-32-14-12-31(3)13-15-32/h4-11,21H,12-16H2,1-3H3,(H,30,35). The van der Waals surface area contributed by atoms with Crippen molar-refractivity contribution in [2.45, 2.75) is 36.0 Å². The summed E-state index contributed by atoms with van der Waals surface area (Å²) in [6, 6.07) is 5.63. The second kappa shape index (κ2) is 10.8. The van der Waals surface area contributed by atoms with Gasteiger partial charge in [-0.2, -0.15) is 13.2 Å². The molecule has 11 nitrogen and oxygen atoms in total. The first-order valence-electron chi connectivity index (χ1n) is 12.3. The second-order valence-corrected chi connectivity index (χ2v) is 12.1. The van der Waals surface area contributed by atoms with Crippen molar-refractivity contribution in [2.75, 3.05) is 44.7 Å². The van der Waals surface area contributed by atoms with Crippen LogP contribution in [0.1, 0.15) is 25.6 Å². The number of carbonyl (C=O) groups is 3. The molecule has 2 aliphatic rings. The lowest BCUT2D eigenvalue weighted by molar-refractivity contribution is -0.128. The molecule has 1 unspecified atom stereocenters. The Morgan fingerprint density at radius 2 is 1.60 bits per heavy atom. The topological polar surface area (TPSA) is 123 Å². The van der Waals surface area contributed by atoms with Gasteiger partial charge in [0.2, 0.25) is 5.91 Å². The first-order chi connectivity index (χ1) is 18.6. The Labute approximate surface area is 229 Å². The summed E-state index contributed by atoms with van der Waals surface area (Å²) in [6.07, 6.45) is 1.87. The van der Waals surface area contributed by atoms with Crippen molar-refractivity contribution in [3.05, 3.63) is 54.4 Å². The van der Waals surface area contributed by atoms with Crippen molar-refractivity contribution >= 4 is 33.4 Å². The fourth-order valence-corrected chi connectivity index (χ4v) is 5.39. The van der Waals surface area contributed by atoms with Gasteiger partial charge < -0.3 is 10.2 Å². The summed E-state index contributed by atoms with van der Waals surface area (Å²) in [5.74, 6) is -1.08. The molecule has 1 aromatic heterocycles. The molecular weight excluding hydrogens is 553 g/mol. The highest BCUT2D eigenvalue weighted by molar-refractivity contribution is 7.92. The van der Waals surface area contributed by atoms with Gasteiger partial charge in [0.15, 0.2) is 0 Å². The van der Waals surface area contributed by atoms with Crippen LogP contribution >= 0.6 is 0 Å². The van der Waals surface area contributed by atoms with E-state index >= 15 is 0 Å². The predicted octanol–water partition coefficient (Wildman–Crippen LogP) is 1.98. The molecule has 1 aromatic carbocycles. The van der Waals surface area contributed by atoms with Crippen LogP contribution < -0.4 is 10.2 Å². The van der Waals surface area contributed by atoms with E-state index in [2.05, 4.69) is 15.2 Å². The molecule has 0 saturated carbocycles. The summed E-state index contributed by atoms with van der Waals surface area (Å²) < 4.78 is 62.4. The van der Waals surface area contributed by atoms with Gasteiger partial charge in [-0.05, 0) is 62.9 Å². The van der Waals surface area contributed by atoms with E-state index in [1.807, 2.05) is 11.9 Å². The minimum atomic E-state index is -5.61. The molecule has 1 atom stereocenters. The first kappa shape index (κ1) is 29.4. The van der Waals surface area contributed by atoms with Gasteiger partial charge in [0, 0.05) is 38.6 Å². The summed E-state index contributed by atoms with van der Waals surface area (Å²) >= 11 is 0. The first-order valence-corrected chi connectivity index (χ1v) is 13.8. The highest BCUT2D eigenvalue weighted by Gasteiger charge is 2.55. The zero-order valence-electron chi connectivity index (χ0n) is 22.1. The summed E-state index contributed by atoms with van der Waals surface area (Å²) in [5, 5.41) is 2.86. The number of amides is 4. The number of urea groups is 1. The van der Waals surface area contributed by atoms with E-state index in [-0.39, 0.29) is 18.1 Å². The van der Waals surface area contributed by atoms with E-state index < -0.39 is 43.9 Å². The van der Waals surface area contributed by atoms with Crippen molar-refractivity contribution in [1.29, 1.82) is 0 Å². The van der Waals surface area contributed by atoms with Crippen molar-refractivity contribution in [2.24, 2.45) is 0 Å². The van der Waals surface area contributed by atoms with Gasteiger partial charge in [0.1, 0.15) is 11.7 Å². The Hall–Kier alpha value is -3.56. The number of anilines is 1. The van der Waals surface area contributed by atoms with E-state index in [4.69, 9.17) is 0 Å². The average molecular weight is 583 g/mol. The molecule has 2 aromatic rings. The number of nitrogens with zero attached hydrogens (tertiary/aromatic N) is 5. The molecular formula is C25H29F3N6O5S. The van der Waals surface area contributed by atoms with Gasteiger partial charge in [-0.3, -0.25) is 24.4 Å². The maximum absolute atomic E-state index is 13.7. The van der Waals surface area contributed by atoms with Crippen LogP contribution in [0.5, 0.6) is 0 Å². The molecule has 40 heavy (non-hydrogen) atoms. The third-order valence-corrected chi connectivity index (χ3v) is 8.48. The number of sulfone groups is 1. The molecule has 1 N–H and O–H groups in total. The number of halogens is 3. The summed E-state index contributed by atoms with van der Waals surface area (Å²) in [6.45, 7) is 6.00. The lowest BCUT2D eigenvalue weighted by Gasteiger charge is -2.37. The fraction of sp³-hybridized carbons (Fsp3) is 0.440. The Morgan fingerprint density at radius 1 is 1.02 bits per heavy atom. The number of imide groups is 1. The summed E-state index contributed by atoms with van der Waals surface area (Å²) in [7, 11) is -3.62. The molecule has 0 aliphatic carbocycles. The van der Waals surface area contributed by atoms with Crippen LogP contribution in [-0.4, -0.2) is 96.8 Å². The average Bonchev–Trinajstić information content (AvgIpc) is 3.07. The van der Waals surface area contributed by atoms with Crippen LogP contribution in [-0.2, 0) is 19.4 Å². The summed E-state index contributed by atoms with van der Waals surface area (Å²) in [4.78, 5) is 49.4. The van der Waals surface area contributed by atoms with E-state index in [1.165, 1.54) is 31.1 Å². The van der Waals surface area contributed by atoms with E-state index in [0.29, 0.717) is 30.8 Å². The van der Waals surface area contributed by atoms with Gasteiger partial charge in [-0.25, -0.2) is 18.1 Å². The summed E-state index contributed by atoms with van der Waals surface area (Å²) in [5.41, 5.74) is -6.65. The Balaban J connectivity index is 1.64. The number of hydrogen-bond donors (Lipinski definition) is 1. The fourth-order valence-electron chi connectivity index (χ4n) is 4.63. The normalized spacial score (nSPS) is 19.6. The zero-order valence-corrected chi connectivity index (χ0v) is 22.9. The molecule has 2 saturated heterocycles. The SMILES string of the molecule is CN1CCN(CC(=O)NC(c2ccncc2)N2C(=O)N(c3ccc(S(=O)(=O)C(F)(F)F)cc3)C(=O)C2(C)C)CC1. The van der Waals surface area contributed by atoms with Crippen LogP contribution in [0.3, 0.4) is 0 Å². The number of pyridine rings is 1. The van der Waals surface area contributed by atoms with E-state index in [9.17, 15) is 36.0 Å². The van der Waals surface area contributed by atoms with Crippen LogP contribution in [0, 0.1) is 0 Å². The van der Waals surface area contributed by atoms with Gasteiger partial charge in [0.25, 0.3) is 15.7 Å². The number of hydrogen-bond acceptors (Lipinski definition) is 8. The predicted molar refractivity (Wildman–Crippen MR) is 138 cm³/mol. The zero-order chi connectivity index (χ0) is 29.5. The molecule has 15 heteroatoms. The van der Waals surface area contributed by atoms with Crippen LogP contribution in [0.2, 0.25) is 0 Å². The molecule has 3 heterocycles. The monoisotopic (exact) mass is 582 g/mol. The van der Waals surface area contributed by atoms with Crippen molar-refractivity contribution in [3.63, 3.8) is 0 Å². The van der Waals surface area contributed by atoms with Gasteiger partial charge in [-0.15, -0.1) is 0 Å². The highest BCUT2D eigenvalue weighted by Crippen LogP contribution is 2.38. The maximum Gasteiger partial charge on any atom is 0.501 e. The molecule has 4 rings (SSSR count). The molecule has 2 aliphatic heterocycles. The van der Waals surface area contributed by atoms with Crippen molar-refractivity contribution in [1.82, 2.24) is 25.0 Å². The highest BCUT2D eigenvalue weighted by atomic mass is 32.2. The van der Waals surface area contributed by atoms with Gasteiger partial charge >= 0.3 is 11.5 Å². The number of likely N-dealkylation sites (N-methyl/N-ethyl adjacent to an activating group) is 1. The third-order valence-electron chi connectivity index (χ3n) is 6.98. The third kappa shape index (κ3) is 5.53. The molecule has 0 bridgehead atoms. The molecule has 216 valence electrons. The minimum Gasteiger partial charge on any atom is -0.331 e. The van der Waals surface area contributed by atoms with Crippen LogP contribution in [0.4, 0.5) is 23.7 Å². The second-order valence-electron chi connectivity index (χ2n) is 10.1. The number of alkyl halides is 3. The maximum atomic E-state index is 13.7. The largest absolute Gasteiger partial charge is 0.501 e. The Bertz CT molecular complexity index is 1380. The van der Waals surface area contributed by atoms with Crippen LogP contribution in [0.15, 0.2) is 53.7 Å². The lowest BCUT2D eigenvalue weighted by Crippen LogP contribution is -2.54. The van der Waals surface area contributed by atoms with E-state index in [0.717, 1.165) is 30.1 Å². The molecule has 4 amide bonds. The molecule has 2 fully saturated rings. The Kier molecular flexibility index (Phi) is 7.93. The number of nitrogens with one attached hydrogen (secondary N) is 1. The lowest BCUT2D eigenvalue weighted by atomic mass is 10.0. The number of benzene rings is 1. The quantitative estimate of drug-likeness (QED) is 0.492. The minimum absolute atomic E-state index is 0.0741. The molecule has 0 radical (unpaired) electrons. The number of piperazine rings is 1. The number of carbonyl (C=O) groups excluding carboxylic acids is 3. The number of rotatable bonds is 7. The number of aromatic nitrogens is 1. The van der Waals surface area contributed by atoms with Crippen LogP contribution in [0.25, 0.3) is 0 Å².